The molecule has 1 aliphatic carbocycles. The number of carbonyl (C=O) groups is 2. The number of rotatable bonds is 7. The van der Waals surface area contributed by atoms with E-state index in [1.165, 1.54) is 7.11 Å². The van der Waals surface area contributed by atoms with Crippen molar-refractivity contribution in [2.75, 3.05) is 21.2 Å². The van der Waals surface area contributed by atoms with Crippen molar-refractivity contribution in [3.8, 4) is 0 Å². The Balaban J connectivity index is 1.80. The molecule has 4 fully saturated rings. The van der Waals surface area contributed by atoms with Crippen molar-refractivity contribution >= 4 is 11.8 Å². The van der Waals surface area contributed by atoms with Crippen LogP contribution in [0.1, 0.15) is 100 Å². The summed E-state index contributed by atoms with van der Waals surface area (Å²) >= 11 is 0. The monoisotopic (exact) mass is 743 g/mol. The van der Waals surface area contributed by atoms with E-state index < -0.39 is 103 Å². The molecule has 0 bridgehead atoms. The second kappa shape index (κ2) is 18.1. The van der Waals surface area contributed by atoms with Gasteiger partial charge in [0.1, 0.15) is 24.1 Å². The second-order valence-electron chi connectivity index (χ2n) is 17.1. The van der Waals surface area contributed by atoms with Crippen LogP contribution in [0, 0.1) is 35.5 Å². The summed E-state index contributed by atoms with van der Waals surface area (Å²) in [7, 11) is 5.25. The van der Waals surface area contributed by atoms with Gasteiger partial charge < -0.3 is 53.7 Å². The topological polar surface area (TPSA) is 174 Å². The van der Waals surface area contributed by atoms with Crippen molar-refractivity contribution in [2.45, 2.75) is 179 Å². The zero-order valence-corrected chi connectivity index (χ0v) is 33.3. The first-order valence-electron chi connectivity index (χ1n) is 19.6. The summed E-state index contributed by atoms with van der Waals surface area (Å²) in [5.41, 5.74) is -1.71. The van der Waals surface area contributed by atoms with E-state index in [1.54, 1.807) is 34.6 Å². The van der Waals surface area contributed by atoms with E-state index in [1.807, 2.05) is 39.8 Å². The molecule has 13 nitrogen and oxygen atoms in total. The van der Waals surface area contributed by atoms with Crippen LogP contribution in [-0.4, -0.2) is 137 Å². The Kier molecular flexibility index (Phi) is 15.2. The molecule has 3 aliphatic heterocycles. The van der Waals surface area contributed by atoms with Crippen LogP contribution in [0.2, 0.25) is 0 Å². The van der Waals surface area contributed by atoms with E-state index in [4.69, 9.17) is 28.4 Å². The van der Waals surface area contributed by atoms with Crippen molar-refractivity contribution in [1.29, 1.82) is 0 Å². The minimum atomic E-state index is -1.71. The highest BCUT2D eigenvalue weighted by Gasteiger charge is 2.51. The van der Waals surface area contributed by atoms with Gasteiger partial charge in [0.15, 0.2) is 12.6 Å². The average Bonchev–Trinajstić information content (AvgIpc) is 3.63. The van der Waals surface area contributed by atoms with Crippen molar-refractivity contribution < 1.29 is 58.4 Å². The van der Waals surface area contributed by atoms with Gasteiger partial charge in [0.2, 0.25) is 0 Å². The standard InChI is InChI=1S/C39H69NO12/c1-19-18-39(8,46)36(52-38-33(44)27(40(9)10)16-20(2)48-38)23(5)34(50-29-17-28(47-11)32(43)25(7)49-29)24(6)37(45)51-35(26-14-12-13-15-26)22(4)31(42)21(3)30(19)41/h19-29,31-36,38,42-44,46H,12-18H2,1-11H3. The van der Waals surface area contributed by atoms with Crippen LogP contribution in [0.4, 0.5) is 0 Å². The molecule has 0 aromatic rings. The minimum Gasteiger partial charge on any atom is -0.461 e. The number of hydrogen-bond acceptors (Lipinski definition) is 13. The van der Waals surface area contributed by atoms with Gasteiger partial charge in [0.25, 0.3) is 0 Å². The van der Waals surface area contributed by atoms with Gasteiger partial charge in [-0.05, 0) is 73.4 Å². The number of hydrogen-bond donors (Lipinski definition) is 4. The number of cyclic esters (lactones) is 1. The first kappa shape index (κ1) is 43.5. The molecular weight excluding hydrogens is 674 g/mol. The van der Waals surface area contributed by atoms with Gasteiger partial charge in [0.05, 0.1) is 48.1 Å². The number of aliphatic hydroxyl groups excluding tert-OH is 3. The summed E-state index contributed by atoms with van der Waals surface area (Å²) in [6, 6.07) is -0.291. The summed E-state index contributed by atoms with van der Waals surface area (Å²) in [5, 5.41) is 46.3. The highest BCUT2D eigenvalue weighted by molar-refractivity contribution is 5.83. The van der Waals surface area contributed by atoms with Gasteiger partial charge in [-0.1, -0.05) is 40.5 Å². The molecule has 4 N–H and O–H groups in total. The van der Waals surface area contributed by atoms with Crippen molar-refractivity contribution in [3.05, 3.63) is 0 Å². The average molecular weight is 744 g/mol. The Morgan fingerprint density at radius 1 is 0.827 bits per heavy atom. The fraction of sp³-hybridized carbons (Fsp3) is 0.949. The third kappa shape index (κ3) is 9.75. The summed E-state index contributed by atoms with van der Waals surface area (Å²) < 4.78 is 37.6. The number of ketones is 1. The lowest BCUT2D eigenvalue weighted by atomic mass is 9.74. The van der Waals surface area contributed by atoms with Gasteiger partial charge in [-0.15, -0.1) is 0 Å². The molecule has 0 amide bonds. The summed E-state index contributed by atoms with van der Waals surface area (Å²) in [6.45, 7) is 14.0. The van der Waals surface area contributed by atoms with Crippen molar-refractivity contribution in [3.63, 3.8) is 0 Å². The smallest absolute Gasteiger partial charge is 0.311 e. The summed E-state index contributed by atoms with van der Waals surface area (Å²) in [4.78, 5) is 30.3. The molecule has 13 heteroatoms. The van der Waals surface area contributed by atoms with E-state index in [-0.39, 0.29) is 36.7 Å². The second-order valence-corrected chi connectivity index (χ2v) is 17.1. The Hall–Kier alpha value is -1.26. The van der Waals surface area contributed by atoms with Crippen LogP contribution < -0.4 is 0 Å². The SMILES string of the molecule is COC1CC(OC2C(C)C(=O)OC(C3CCCC3)C(C)C(O)C(C)C(=O)C(C)CC(C)(O)C(OC3OC(C)CC(N(C)C)C3O)C2C)OC(C)C1O. The molecule has 3 saturated heterocycles. The van der Waals surface area contributed by atoms with Crippen molar-refractivity contribution in [2.24, 2.45) is 35.5 Å². The van der Waals surface area contributed by atoms with Gasteiger partial charge in [0, 0.05) is 43.2 Å². The molecule has 4 rings (SSSR count). The van der Waals surface area contributed by atoms with Gasteiger partial charge in [-0.2, -0.15) is 0 Å². The van der Waals surface area contributed by atoms with E-state index in [0.29, 0.717) is 6.42 Å². The zero-order chi connectivity index (χ0) is 38.8. The predicted octanol–water partition coefficient (Wildman–Crippen LogP) is 3.06. The molecule has 0 spiro atoms. The first-order valence-corrected chi connectivity index (χ1v) is 19.6. The largest absolute Gasteiger partial charge is 0.461 e. The van der Waals surface area contributed by atoms with Crippen LogP contribution in [0.15, 0.2) is 0 Å². The van der Waals surface area contributed by atoms with Crippen LogP contribution in [0.3, 0.4) is 0 Å². The third-order valence-corrected chi connectivity index (χ3v) is 12.6. The molecule has 302 valence electrons. The van der Waals surface area contributed by atoms with E-state index in [2.05, 4.69) is 0 Å². The predicted molar refractivity (Wildman–Crippen MR) is 192 cm³/mol. The Labute approximate surface area is 311 Å². The minimum absolute atomic E-state index is 0.0325. The molecule has 3 heterocycles. The Morgan fingerprint density at radius 2 is 1.46 bits per heavy atom. The quantitative estimate of drug-likeness (QED) is 0.281. The number of esters is 1. The number of methoxy groups -OCH3 is 1. The van der Waals surface area contributed by atoms with E-state index in [9.17, 15) is 30.0 Å². The lowest BCUT2D eigenvalue weighted by Crippen LogP contribution is -2.60. The van der Waals surface area contributed by atoms with Crippen LogP contribution >= 0.6 is 0 Å². The summed E-state index contributed by atoms with van der Waals surface area (Å²) in [5.74, 6) is -4.39. The normalized spacial score (nSPS) is 48.0. The number of likely N-dealkylation sites (N-methyl/N-ethyl adjacent to an activating group) is 1. The number of aliphatic hydroxyl groups is 4. The Bertz CT molecular complexity index is 1160. The molecule has 4 aliphatic rings. The Morgan fingerprint density at radius 3 is 2.06 bits per heavy atom. The first-order chi connectivity index (χ1) is 24.3. The molecule has 0 aromatic carbocycles. The molecule has 0 radical (unpaired) electrons. The van der Waals surface area contributed by atoms with Crippen LogP contribution in [0.5, 0.6) is 0 Å². The van der Waals surface area contributed by atoms with Crippen LogP contribution in [0.25, 0.3) is 0 Å². The maximum absolute atomic E-state index is 14.4. The number of ether oxygens (including phenoxy) is 6. The van der Waals surface area contributed by atoms with E-state index in [0.717, 1.165) is 25.7 Å². The van der Waals surface area contributed by atoms with Gasteiger partial charge in [-0.3, -0.25) is 9.59 Å². The van der Waals surface area contributed by atoms with Crippen LogP contribution in [-0.2, 0) is 38.0 Å². The molecule has 52 heavy (non-hydrogen) atoms. The molecular formula is C39H69NO12. The molecule has 18 atom stereocenters. The summed E-state index contributed by atoms with van der Waals surface area (Å²) in [6.07, 6.45) is -4.90. The van der Waals surface area contributed by atoms with Gasteiger partial charge in [-0.25, -0.2) is 0 Å². The number of nitrogens with zero attached hydrogens (tertiary/aromatic N) is 1. The molecule has 1 saturated carbocycles. The lowest BCUT2D eigenvalue weighted by molar-refractivity contribution is -0.311. The zero-order valence-electron chi connectivity index (χ0n) is 33.3. The molecule has 18 unspecified atom stereocenters. The fourth-order valence-electron chi connectivity index (χ4n) is 9.41. The molecule has 0 aromatic heterocycles. The van der Waals surface area contributed by atoms with E-state index >= 15 is 0 Å². The van der Waals surface area contributed by atoms with Crippen molar-refractivity contribution in [1.82, 2.24) is 4.90 Å². The maximum atomic E-state index is 14.4. The lowest BCUT2D eigenvalue weighted by Gasteiger charge is -2.48. The van der Waals surface area contributed by atoms with Gasteiger partial charge >= 0.3 is 5.97 Å². The fourth-order valence-corrected chi connectivity index (χ4v) is 9.41. The maximum Gasteiger partial charge on any atom is 0.311 e. The highest BCUT2D eigenvalue weighted by atomic mass is 16.7. The highest BCUT2D eigenvalue weighted by Crippen LogP contribution is 2.41. The number of Topliss-reactive ketones (excluding diaryl/α,β-unsaturated/α-hetero) is 1. The third-order valence-electron chi connectivity index (χ3n) is 12.6. The number of carbonyl (C=O) groups excluding carboxylic acids is 2.